The van der Waals surface area contributed by atoms with Gasteiger partial charge in [0.2, 0.25) is 0 Å². The summed E-state index contributed by atoms with van der Waals surface area (Å²) in [6, 6.07) is 9.45. The van der Waals surface area contributed by atoms with E-state index >= 15 is 0 Å². The average molecular weight is 413 g/mol. The minimum Gasteiger partial charge on any atom is -0.484 e. The highest BCUT2D eigenvalue weighted by molar-refractivity contribution is 7.15. The third-order valence-electron chi connectivity index (χ3n) is 5.14. The number of piperazine rings is 1. The van der Waals surface area contributed by atoms with Crippen molar-refractivity contribution < 1.29 is 9.53 Å². The first-order chi connectivity index (χ1) is 14.1. The number of benzene rings is 1. The number of amides is 1. The zero-order valence-electron chi connectivity index (χ0n) is 16.4. The molecule has 1 aliphatic rings. The molecule has 1 aromatic carbocycles. The molecule has 1 saturated heterocycles. The second-order valence-corrected chi connectivity index (χ2v) is 7.96. The molecule has 3 aromatic rings. The largest absolute Gasteiger partial charge is 0.484 e. The summed E-state index contributed by atoms with van der Waals surface area (Å²) in [6.07, 6.45) is 2.68. The zero-order chi connectivity index (χ0) is 20.2. The summed E-state index contributed by atoms with van der Waals surface area (Å²) in [5.41, 5.74) is 1.92. The Labute approximate surface area is 173 Å². The Morgan fingerprint density at radius 2 is 2.03 bits per heavy atom. The maximum absolute atomic E-state index is 12.5. The van der Waals surface area contributed by atoms with Gasteiger partial charge in [0.15, 0.2) is 11.6 Å². The molecule has 0 unspecified atom stereocenters. The lowest BCUT2D eigenvalue weighted by Crippen LogP contribution is -2.49. The summed E-state index contributed by atoms with van der Waals surface area (Å²) in [6.45, 7) is 5.57. The fourth-order valence-corrected chi connectivity index (χ4v) is 4.18. The van der Waals surface area contributed by atoms with Gasteiger partial charge in [0, 0.05) is 50.4 Å². The van der Waals surface area contributed by atoms with Gasteiger partial charge in [0.1, 0.15) is 5.75 Å². The molecule has 0 aliphatic carbocycles. The molecular formula is C21H24N4O3S. The first-order valence-electron chi connectivity index (χ1n) is 9.80. The van der Waals surface area contributed by atoms with Crippen LogP contribution in [-0.2, 0) is 17.8 Å². The molecule has 0 atom stereocenters. The van der Waals surface area contributed by atoms with Crippen LogP contribution in [0.4, 0.5) is 0 Å². The first kappa shape index (κ1) is 19.6. The molecule has 1 amide bonds. The summed E-state index contributed by atoms with van der Waals surface area (Å²) < 4.78 is 7.24. The van der Waals surface area contributed by atoms with E-state index in [1.165, 1.54) is 16.9 Å². The number of carbonyl (C=O) groups excluding carboxylic acids is 1. The summed E-state index contributed by atoms with van der Waals surface area (Å²) in [5, 5.41) is 1.86. The Morgan fingerprint density at radius 1 is 1.21 bits per heavy atom. The lowest BCUT2D eigenvalue weighted by atomic mass is 10.2. The number of carbonyl (C=O) groups is 1. The Balaban J connectivity index is 1.28. The molecule has 29 heavy (non-hydrogen) atoms. The molecule has 7 nitrogen and oxygen atoms in total. The highest BCUT2D eigenvalue weighted by Crippen LogP contribution is 2.14. The Kier molecular flexibility index (Phi) is 5.92. The number of hydrogen-bond donors (Lipinski definition) is 0. The van der Waals surface area contributed by atoms with Crippen molar-refractivity contribution in [1.82, 2.24) is 19.2 Å². The van der Waals surface area contributed by atoms with E-state index in [0.29, 0.717) is 24.6 Å². The van der Waals surface area contributed by atoms with Crippen LogP contribution in [-0.4, -0.2) is 57.9 Å². The van der Waals surface area contributed by atoms with Crippen molar-refractivity contribution in [3.8, 4) is 5.75 Å². The number of nitrogens with zero attached hydrogens (tertiary/aromatic N) is 4. The Bertz CT molecular complexity index is 1050. The third-order valence-corrected chi connectivity index (χ3v) is 5.89. The smallest absolute Gasteiger partial charge is 0.260 e. The van der Waals surface area contributed by atoms with Gasteiger partial charge in [-0.1, -0.05) is 19.1 Å². The zero-order valence-corrected chi connectivity index (χ0v) is 17.2. The second kappa shape index (κ2) is 8.75. The monoisotopic (exact) mass is 412 g/mol. The van der Waals surface area contributed by atoms with Crippen LogP contribution in [0.3, 0.4) is 0 Å². The van der Waals surface area contributed by atoms with Crippen LogP contribution in [0.15, 0.2) is 46.7 Å². The van der Waals surface area contributed by atoms with Crippen LogP contribution < -0.4 is 10.3 Å². The lowest BCUT2D eigenvalue weighted by molar-refractivity contribution is -0.135. The summed E-state index contributed by atoms with van der Waals surface area (Å²) in [7, 11) is 0. The van der Waals surface area contributed by atoms with Crippen LogP contribution in [0.25, 0.3) is 4.96 Å². The van der Waals surface area contributed by atoms with Crippen molar-refractivity contribution in [3.05, 3.63) is 63.5 Å². The van der Waals surface area contributed by atoms with Crippen molar-refractivity contribution >= 4 is 22.2 Å². The number of thiazole rings is 1. The average Bonchev–Trinajstić information content (AvgIpc) is 3.22. The van der Waals surface area contributed by atoms with Gasteiger partial charge in [-0.05, 0) is 24.1 Å². The normalized spacial score (nSPS) is 15.0. The quantitative estimate of drug-likeness (QED) is 0.620. The van der Waals surface area contributed by atoms with E-state index in [0.717, 1.165) is 31.0 Å². The molecule has 0 spiro atoms. The number of hydrogen-bond acceptors (Lipinski definition) is 6. The fraction of sp³-hybridized carbons (Fsp3) is 0.381. The van der Waals surface area contributed by atoms with Gasteiger partial charge in [-0.2, -0.15) is 0 Å². The second-order valence-electron chi connectivity index (χ2n) is 7.09. The van der Waals surface area contributed by atoms with E-state index in [-0.39, 0.29) is 18.1 Å². The molecular weight excluding hydrogens is 388 g/mol. The van der Waals surface area contributed by atoms with E-state index in [1.54, 1.807) is 16.7 Å². The highest BCUT2D eigenvalue weighted by Gasteiger charge is 2.22. The molecule has 0 N–H and O–H groups in total. The van der Waals surface area contributed by atoms with Gasteiger partial charge >= 0.3 is 0 Å². The van der Waals surface area contributed by atoms with Gasteiger partial charge < -0.3 is 9.64 Å². The number of aryl methyl sites for hydroxylation is 1. The SMILES string of the molecule is CCc1cccc(OCC(=O)N2CCN(Cc3cc(=O)n4ccsc4n3)CC2)c1. The molecule has 8 heteroatoms. The van der Waals surface area contributed by atoms with E-state index in [2.05, 4.69) is 16.8 Å². The Hall–Kier alpha value is -2.71. The summed E-state index contributed by atoms with van der Waals surface area (Å²) in [4.78, 5) is 33.9. The van der Waals surface area contributed by atoms with Gasteiger partial charge in [0.25, 0.3) is 11.5 Å². The molecule has 1 aliphatic heterocycles. The minimum atomic E-state index is -0.0515. The van der Waals surface area contributed by atoms with Gasteiger partial charge in [0.05, 0.1) is 5.69 Å². The van der Waals surface area contributed by atoms with Crippen molar-refractivity contribution in [2.24, 2.45) is 0 Å². The van der Waals surface area contributed by atoms with Gasteiger partial charge in [-0.25, -0.2) is 4.98 Å². The minimum absolute atomic E-state index is 0.00271. The Morgan fingerprint density at radius 3 is 2.83 bits per heavy atom. The molecule has 1 fully saturated rings. The van der Waals surface area contributed by atoms with Crippen LogP contribution in [0, 0.1) is 0 Å². The predicted octanol–water partition coefficient (Wildman–Crippen LogP) is 2.04. The van der Waals surface area contributed by atoms with E-state index in [1.807, 2.05) is 34.5 Å². The van der Waals surface area contributed by atoms with E-state index in [9.17, 15) is 9.59 Å². The topological polar surface area (TPSA) is 67.2 Å². The molecule has 0 saturated carbocycles. The van der Waals surface area contributed by atoms with Crippen molar-refractivity contribution in [2.45, 2.75) is 19.9 Å². The van der Waals surface area contributed by atoms with Crippen molar-refractivity contribution in [1.29, 1.82) is 0 Å². The molecule has 0 radical (unpaired) electrons. The van der Waals surface area contributed by atoms with Crippen LogP contribution in [0.2, 0.25) is 0 Å². The number of aromatic nitrogens is 2. The number of rotatable bonds is 6. The molecule has 3 heterocycles. The van der Waals surface area contributed by atoms with Gasteiger partial charge in [-0.3, -0.25) is 18.9 Å². The molecule has 152 valence electrons. The maximum Gasteiger partial charge on any atom is 0.260 e. The highest BCUT2D eigenvalue weighted by atomic mass is 32.1. The molecule has 4 rings (SSSR count). The third kappa shape index (κ3) is 4.65. The van der Waals surface area contributed by atoms with Crippen LogP contribution >= 0.6 is 11.3 Å². The predicted molar refractivity (Wildman–Crippen MR) is 113 cm³/mol. The first-order valence-corrected chi connectivity index (χ1v) is 10.7. The summed E-state index contributed by atoms with van der Waals surface area (Å²) in [5.74, 6) is 0.737. The summed E-state index contributed by atoms with van der Waals surface area (Å²) >= 11 is 1.45. The maximum atomic E-state index is 12.5. The fourth-order valence-electron chi connectivity index (χ4n) is 3.44. The lowest BCUT2D eigenvalue weighted by Gasteiger charge is -2.34. The molecule has 0 bridgehead atoms. The van der Waals surface area contributed by atoms with Crippen LogP contribution in [0.5, 0.6) is 5.75 Å². The van der Waals surface area contributed by atoms with E-state index in [4.69, 9.17) is 4.74 Å². The molecule has 2 aromatic heterocycles. The van der Waals surface area contributed by atoms with Crippen molar-refractivity contribution in [2.75, 3.05) is 32.8 Å². The standard InChI is InChI=1S/C21H24N4O3S/c1-2-16-4-3-5-18(12-16)28-15-20(27)24-8-6-23(7-9-24)14-17-13-19(26)25-10-11-29-21(25)22-17/h3-5,10-13H,2,6-9,14-15H2,1H3. The number of fused-ring (bicyclic) bond motifs is 1. The van der Waals surface area contributed by atoms with Crippen molar-refractivity contribution in [3.63, 3.8) is 0 Å². The van der Waals surface area contributed by atoms with E-state index < -0.39 is 0 Å². The number of ether oxygens (including phenoxy) is 1. The van der Waals surface area contributed by atoms with Crippen LogP contribution in [0.1, 0.15) is 18.2 Å². The van der Waals surface area contributed by atoms with Gasteiger partial charge in [-0.15, -0.1) is 11.3 Å².